The number of rotatable bonds is 0. The molecule has 1 aliphatic heterocycles. The normalized spacial score (nSPS) is 22.0. The Kier molecular flexibility index (Phi) is 1.44. The van der Waals surface area contributed by atoms with Crippen molar-refractivity contribution in [1.82, 2.24) is 0 Å². The summed E-state index contributed by atoms with van der Waals surface area (Å²) < 4.78 is 0. The van der Waals surface area contributed by atoms with Gasteiger partial charge < -0.3 is 5.73 Å². The zero-order valence-electron chi connectivity index (χ0n) is 5.28. The first-order chi connectivity index (χ1) is 4.21. The van der Waals surface area contributed by atoms with Crippen LogP contribution in [0.25, 0.3) is 0 Å². The van der Waals surface area contributed by atoms with Crippen molar-refractivity contribution in [3.63, 3.8) is 0 Å². The van der Waals surface area contributed by atoms with Crippen LogP contribution < -0.4 is 5.73 Å². The molecule has 0 radical (unpaired) electrons. The summed E-state index contributed by atoms with van der Waals surface area (Å²) in [6.07, 6.45) is 6.52. The molecule has 9 heavy (non-hydrogen) atoms. The Morgan fingerprint density at radius 1 is 1.22 bits per heavy atom. The molecule has 0 saturated heterocycles. The number of hydrogen-bond donors (Lipinski definition) is 1. The smallest absolute Gasteiger partial charge is 0.0843 e. The summed E-state index contributed by atoms with van der Waals surface area (Å²) in [5.41, 5.74) is 5.16. The molecule has 48 valence electrons. The van der Waals surface area contributed by atoms with E-state index in [0.29, 0.717) is 0 Å². The molecule has 0 aliphatic carbocycles. The van der Waals surface area contributed by atoms with Crippen LogP contribution in [0.5, 0.6) is 0 Å². The maximum absolute atomic E-state index is 5.64. The SMILES string of the molecule is CC1(N)C=NC=CN=C1. The third-order valence-electron chi connectivity index (χ3n) is 0.944. The molecule has 0 aromatic carbocycles. The summed E-state index contributed by atoms with van der Waals surface area (Å²) in [5, 5.41) is 0. The van der Waals surface area contributed by atoms with Crippen molar-refractivity contribution >= 4 is 12.4 Å². The first-order valence-corrected chi connectivity index (χ1v) is 2.73. The highest BCUT2D eigenvalue weighted by Crippen LogP contribution is 1.94. The molecule has 0 amide bonds. The second-order valence-corrected chi connectivity index (χ2v) is 2.22. The highest BCUT2D eigenvalue weighted by atomic mass is 14.9. The Morgan fingerprint density at radius 2 is 1.67 bits per heavy atom. The molecule has 0 spiro atoms. The van der Waals surface area contributed by atoms with E-state index in [4.69, 9.17) is 5.73 Å². The predicted octanol–water partition coefficient (Wildman–Crippen LogP) is 0.330. The molecule has 0 unspecified atom stereocenters. The van der Waals surface area contributed by atoms with Crippen LogP contribution in [0.4, 0.5) is 0 Å². The largest absolute Gasteiger partial charge is 0.316 e. The molecule has 1 aliphatic rings. The fourth-order valence-electron chi connectivity index (χ4n) is 0.518. The number of aliphatic imine (C=N–C) groups is 2. The van der Waals surface area contributed by atoms with Gasteiger partial charge in [0.2, 0.25) is 0 Å². The second-order valence-electron chi connectivity index (χ2n) is 2.22. The van der Waals surface area contributed by atoms with E-state index in [-0.39, 0.29) is 0 Å². The molecular weight excluding hydrogens is 114 g/mol. The van der Waals surface area contributed by atoms with Crippen LogP contribution in [-0.2, 0) is 0 Å². The summed E-state index contributed by atoms with van der Waals surface area (Å²) in [5.74, 6) is 0. The van der Waals surface area contributed by atoms with Crippen molar-refractivity contribution < 1.29 is 0 Å². The molecule has 0 atom stereocenters. The Balaban J connectivity index is 2.82. The quantitative estimate of drug-likeness (QED) is 0.495. The second kappa shape index (κ2) is 2.11. The van der Waals surface area contributed by atoms with E-state index in [1.807, 2.05) is 6.92 Å². The number of nitrogens with zero attached hydrogens (tertiary/aromatic N) is 2. The van der Waals surface area contributed by atoms with Crippen molar-refractivity contribution in [1.29, 1.82) is 0 Å². The molecule has 0 aromatic rings. The highest BCUT2D eigenvalue weighted by molar-refractivity contribution is 5.94. The Bertz CT molecular complexity index is 159. The van der Waals surface area contributed by atoms with Crippen LogP contribution in [0.2, 0.25) is 0 Å². The van der Waals surface area contributed by atoms with Crippen molar-refractivity contribution in [3.8, 4) is 0 Å². The van der Waals surface area contributed by atoms with Gasteiger partial charge in [-0.2, -0.15) is 0 Å². The van der Waals surface area contributed by atoms with E-state index in [9.17, 15) is 0 Å². The Morgan fingerprint density at radius 3 is 2.11 bits per heavy atom. The monoisotopic (exact) mass is 123 g/mol. The highest BCUT2D eigenvalue weighted by Gasteiger charge is 2.10. The molecule has 2 N–H and O–H groups in total. The zero-order valence-corrected chi connectivity index (χ0v) is 5.28. The van der Waals surface area contributed by atoms with E-state index in [1.165, 1.54) is 0 Å². The molecule has 3 heteroatoms. The van der Waals surface area contributed by atoms with E-state index in [0.717, 1.165) is 0 Å². The van der Waals surface area contributed by atoms with Crippen LogP contribution in [0.15, 0.2) is 22.4 Å². The average molecular weight is 123 g/mol. The van der Waals surface area contributed by atoms with E-state index >= 15 is 0 Å². The van der Waals surface area contributed by atoms with Crippen LogP contribution in [0.1, 0.15) is 6.92 Å². The van der Waals surface area contributed by atoms with Gasteiger partial charge in [0.05, 0.1) is 5.54 Å². The number of nitrogens with two attached hydrogens (primary N) is 1. The maximum atomic E-state index is 5.64. The number of hydrogen-bond acceptors (Lipinski definition) is 3. The fraction of sp³-hybridized carbons (Fsp3) is 0.333. The summed E-state index contributed by atoms with van der Waals surface area (Å²) in [7, 11) is 0. The minimum absolute atomic E-state index is 0.483. The lowest BCUT2D eigenvalue weighted by molar-refractivity contribution is 0.869. The topological polar surface area (TPSA) is 50.7 Å². The molecule has 0 saturated carbocycles. The summed E-state index contributed by atoms with van der Waals surface area (Å²) >= 11 is 0. The van der Waals surface area contributed by atoms with Crippen LogP contribution in [0.3, 0.4) is 0 Å². The van der Waals surface area contributed by atoms with Crippen molar-refractivity contribution in [3.05, 3.63) is 12.4 Å². The predicted molar refractivity (Wildman–Crippen MR) is 38.7 cm³/mol. The lowest BCUT2D eigenvalue weighted by Crippen LogP contribution is -2.39. The molecule has 0 fully saturated rings. The van der Waals surface area contributed by atoms with Gasteiger partial charge in [-0.3, -0.25) is 9.98 Å². The Hall–Kier alpha value is -0.960. The third-order valence-corrected chi connectivity index (χ3v) is 0.944. The maximum Gasteiger partial charge on any atom is 0.0843 e. The standard InChI is InChI=1S/C6H9N3/c1-6(7)4-8-2-3-9-5-6/h2-5H,7H2,1H3. The lowest BCUT2D eigenvalue weighted by Gasteiger charge is -2.09. The van der Waals surface area contributed by atoms with Gasteiger partial charge in [0.1, 0.15) is 0 Å². The van der Waals surface area contributed by atoms with Crippen LogP contribution in [-0.4, -0.2) is 18.0 Å². The van der Waals surface area contributed by atoms with E-state index in [1.54, 1.807) is 24.8 Å². The van der Waals surface area contributed by atoms with E-state index in [2.05, 4.69) is 9.98 Å². The van der Waals surface area contributed by atoms with Gasteiger partial charge in [-0.05, 0) is 6.92 Å². The minimum Gasteiger partial charge on any atom is -0.316 e. The van der Waals surface area contributed by atoms with Gasteiger partial charge in [0.15, 0.2) is 0 Å². The van der Waals surface area contributed by atoms with Gasteiger partial charge in [-0.25, -0.2) is 0 Å². The minimum atomic E-state index is -0.483. The lowest BCUT2D eigenvalue weighted by atomic mass is 10.1. The fourth-order valence-corrected chi connectivity index (χ4v) is 0.518. The van der Waals surface area contributed by atoms with Gasteiger partial charge in [-0.15, -0.1) is 0 Å². The van der Waals surface area contributed by atoms with E-state index < -0.39 is 5.54 Å². The first kappa shape index (κ1) is 6.16. The van der Waals surface area contributed by atoms with Gasteiger partial charge >= 0.3 is 0 Å². The Labute approximate surface area is 54.0 Å². The average Bonchev–Trinajstić information content (AvgIpc) is 1.92. The molecule has 1 rings (SSSR count). The third kappa shape index (κ3) is 1.77. The molecule has 0 bridgehead atoms. The molecule has 0 aromatic heterocycles. The first-order valence-electron chi connectivity index (χ1n) is 2.73. The van der Waals surface area contributed by atoms with Crippen molar-refractivity contribution in [2.75, 3.05) is 0 Å². The van der Waals surface area contributed by atoms with Crippen molar-refractivity contribution in [2.45, 2.75) is 12.5 Å². The molecule has 1 heterocycles. The van der Waals surface area contributed by atoms with Crippen LogP contribution in [0, 0.1) is 0 Å². The molecular formula is C6H9N3. The van der Waals surface area contributed by atoms with Gasteiger partial charge in [-0.1, -0.05) is 0 Å². The zero-order chi connectivity index (χ0) is 6.74. The van der Waals surface area contributed by atoms with Crippen LogP contribution >= 0.6 is 0 Å². The van der Waals surface area contributed by atoms with Gasteiger partial charge in [0.25, 0.3) is 0 Å². The summed E-state index contributed by atoms with van der Waals surface area (Å²) in [6, 6.07) is 0. The summed E-state index contributed by atoms with van der Waals surface area (Å²) in [4.78, 5) is 7.74. The summed E-state index contributed by atoms with van der Waals surface area (Å²) in [6.45, 7) is 1.84. The van der Waals surface area contributed by atoms with Gasteiger partial charge in [0, 0.05) is 24.8 Å². The van der Waals surface area contributed by atoms with Crippen molar-refractivity contribution in [2.24, 2.45) is 15.7 Å². The molecule has 3 nitrogen and oxygen atoms in total.